The van der Waals surface area contributed by atoms with Crippen molar-refractivity contribution < 1.29 is 9.47 Å². The molecule has 1 atom stereocenters. The van der Waals surface area contributed by atoms with Gasteiger partial charge in [0.2, 0.25) is 0 Å². The van der Waals surface area contributed by atoms with E-state index in [1.54, 1.807) is 43.5 Å². The van der Waals surface area contributed by atoms with Gasteiger partial charge in [-0.25, -0.2) is 14.8 Å². The maximum absolute atomic E-state index is 12.7. The van der Waals surface area contributed by atoms with Crippen LogP contribution >= 0.6 is 0 Å². The fourth-order valence-corrected chi connectivity index (χ4v) is 3.37. The van der Waals surface area contributed by atoms with Crippen molar-refractivity contribution in [3.05, 3.63) is 88.4 Å². The number of rotatable bonds is 9. The molecule has 34 heavy (non-hydrogen) atoms. The lowest BCUT2D eigenvalue weighted by Gasteiger charge is -2.20. The summed E-state index contributed by atoms with van der Waals surface area (Å²) in [5.74, 6) is 1.64. The van der Waals surface area contributed by atoms with Gasteiger partial charge < -0.3 is 20.5 Å². The number of H-pyrrole nitrogens is 1. The third kappa shape index (κ3) is 4.72. The van der Waals surface area contributed by atoms with E-state index in [2.05, 4.69) is 25.4 Å². The van der Waals surface area contributed by atoms with Crippen molar-refractivity contribution in [1.82, 2.24) is 24.7 Å². The lowest BCUT2D eigenvalue weighted by molar-refractivity contribution is 0.310. The monoisotopic (exact) mass is 460 g/mol. The molecule has 2 aromatic heterocycles. The average Bonchev–Trinajstić information content (AvgIpc) is 3.24. The summed E-state index contributed by atoms with van der Waals surface area (Å²) < 4.78 is 12.2. The van der Waals surface area contributed by atoms with Gasteiger partial charge in [0.05, 0.1) is 13.7 Å². The Morgan fingerprint density at radius 3 is 2.56 bits per heavy atom. The predicted octanol–water partition coefficient (Wildman–Crippen LogP) is 2.24. The fraction of sp³-hybridized carbons (Fsp3) is 0.174. The molecule has 11 heteroatoms. The van der Waals surface area contributed by atoms with Crippen LogP contribution in [-0.4, -0.2) is 44.3 Å². The Morgan fingerprint density at radius 2 is 1.91 bits per heavy atom. The Balaban J connectivity index is 1.78. The number of anilines is 1. The zero-order chi connectivity index (χ0) is 24.1. The molecule has 11 nitrogen and oxygen atoms in total. The SMILES string of the molecule is CCOc1cc([C@H](Nc2ccc(C(=N)N)cc2)c2nn(-c3ncccn3)c(=O)[nH]2)ccc1OC. The molecule has 0 unspecified atom stereocenters. The highest BCUT2D eigenvalue weighted by molar-refractivity contribution is 5.95. The van der Waals surface area contributed by atoms with Crippen LogP contribution in [-0.2, 0) is 0 Å². The number of benzene rings is 2. The molecule has 2 heterocycles. The molecule has 0 spiro atoms. The minimum atomic E-state index is -0.564. The number of amidine groups is 1. The van der Waals surface area contributed by atoms with E-state index in [-0.39, 0.29) is 11.8 Å². The first-order chi connectivity index (χ1) is 16.5. The molecular formula is C23H24N8O3. The van der Waals surface area contributed by atoms with E-state index in [9.17, 15) is 4.79 Å². The zero-order valence-electron chi connectivity index (χ0n) is 18.6. The minimum absolute atomic E-state index is 0.0226. The summed E-state index contributed by atoms with van der Waals surface area (Å²) in [6.45, 7) is 2.35. The lowest BCUT2D eigenvalue weighted by Crippen LogP contribution is -2.18. The van der Waals surface area contributed by atoms with E-state index < -0.39 is 11.7 Å². The largest absolute Gasteiger partial charge is 0.493 e. The Labute approximate surface area is 195 Å². The lowest BCUT2D eigenvalue weighted by atomic mass is 10.0. The number of hydrogen-bond acceptors (Lipinski definition) is 8. The van der Waals surface area contributed by atoms with Gasteiger partial charge in [0.15, 0.2) is 17.3 Å². The topological polar surface area (TPSA) is 157 Å². The van der Waals surface area contributed by atoms with Gasteiger partial charge >= 0.3 is 5.69 Å². The second-order valence-electron chi connectivity index (χ2n) is 7.19. The number of aromatic nitrogens is 5. The van der Waals surface area contributed by atoms with E-state index in [0.717, 1.165) is 15.9 Å². The van der Waals surface area contributed by atoms with Gasteiger partial charge in [0, 0.05) is 23.6 Å². The maximum Gasteiger partial charge on any atom is 0.350 e. The van der Waals surface area contributed by atoms with Crippen molar-refractivity contribution in [1.29, 1.82) is 5.41 Å². The second-order valence-corrected chi connectivity index (χ2v) is 7.19. The molecule has 4 aromatic rings. The van der Waals surface area contributed by atoms with Crippen molar-refractivity contribution in [2.45, 2.75) is 13.0 Å². The van der Waals surface area contributed by atoms with Crippen LogP contribution in [0.25, 0.3) is 5.95 Å². The molecule has 174 valence electrons. The molecule has 0 aliphatic heterocycles. The molecule has 0 fully saturated rings. The number of aromatic amines is 1. The molecule has 2 aromatic carbocycles. The van der Waals surface area contributed by atoms with Crippen molar-refractivity contribution >= 4 is 11.5 Å². The quantitative estimate of drug-likeness (QED) is 0.219. The Bertz CT molecular complexity index is 1330. The Hall–Kier alpha value is -4.67. The number of ether oxygens (including phenoxy) is 2. The maximum atomic E-state index is 12.7. The smallest absolute Gasteiger partial charge is 0.350 e. The van der Waals surface area contributed by atoms with Gasteiger partial charge in [-0.05, 0) is 55.0 Å². The van der Waals surface area contributed by atoms with Crippen LogP contribution in [0.4, 0.5) is 5.69 Å². The summed E-state index contributed by atoms with van der Waals surface area (Å²) in [5, 5.41) is 15.4. The van der Waals surface area contributed by atoms with E-state index in [4.69, 9.17) is 20.6 Å². The molecule has 0 bridgehead atoms. The molecular weight excluding hydrogens is 436 g/mol. The van der Waals surface area contributed by atoms with Crippen molar-refractivity contribution in [2.24, 2.45) is 5.73 Å². The van der Waals surface area contributed by atoms with Gasteiger partial charge in [-0.3, -0.25) is 10.4 Å². The van der Waals surface area contributed by atoms with E-state index >= 15 is 0 Å². The summed E-state index contributed by atoms with van der Waals surface area (Å²) in [5.41, 5.74) is 7.20. The number of nitrogens with one attached hydrogen (secondary N) is 3. The summed E-state index contributed by atoms with van der Waals surface area (Å²) in [7, 11) is 1.57. The van der Waals surface area contributed by atoms with Gasteiger partial charge in [0.25, 0.3) is 5.95 Å². The minimum Gasteiger partial charge on any atom is -0.493 e. The third-order valence-corrected chi connectivity index (χ3v) is 4.98. The van der Waals surface area contributed by atoms with Crippen molar-refractivity contribution in [3.8, 4) is 17.4 Å². The number of nitrogen functional groups attached to an aromatic ring is 1. The first-order valence-electron chi connectivity index (χ1n) is 10.5. The highest BCUT2D eigenvalue weighted by atomic mass is 16.5. The van der Waals surface area contributed by atoms with Crippen LogP contribution in [0.3, 0.4) is 0 Å². The standard InChI is InChI=1S/C23H24N8O3/c1-3-34-18-13-15(7-10-17(18)33-2)19(28-16-8-5-14(6-9-16)20(24)25)21-29-23(32)31(30-21)22-26-11-4-12-27-22/h4-13,19,28H,3H2,1-2H3,(H3,24,25)(H,29,30,32)/t19-/m0/s1. The Morgan fingerprint density at radius 1 is 1.18 bits per heavy atom. The second kappa shape index (κ2) is 9.86. The summed E-state index contributed by atoms with van der Waals surface area (Å²) >= 11 is 0. The molecule has 0 aliphatic carbocycles. The highest BCUT2D eigenvalue weighted by Crippen LogP contribution is 2.33. The average molecular weight is 460 g/mol. The molecule has 0 saturated carbocycles. The zero-order valence-corrected chi connectivity index (χ0v) is 18.6. The van der Waals surface area contributed by atoms with Gasteiger partial charge in [-0.15, -0.1) is 9.78 Å². The van der Waals surface area contributed by atoms with Crippen molar-refractivity contribution in [2.75, 3.05) is 19.0 Å². The van der Waals surface area contributed by atoms with E-state index in [1.165, 1.54) is 12.4 Å². The van der Waals surface area contributed by atoms with E-state index in [0.29, 0.717) is 29.5 Å². The van der Waals surface area contributed by atoms with Crippen molar-refractivity contribution in [3.63, 3.8) is 0 Å². The van der Waals surface area contributed by atoms with Gasteiger partial charge in [-0.2, -0.15) is 0 Å². The van der Waals surface area contributed by atoms with Crippen LogP contribution < -0.4 is 26.2 Å². The molecule has 0 radical (unpaired) electrons. The van der Waals surface area contributed by atoms with Crippen LogP contribution in [0.15, 0.2) is 65.7 Å². The number of methoxy groups -OCH3 is 1. The molecule has 0 aliphatic rings. The molecule has 0 amide bonds. The molecule has 0 saturated heterocycles. The highest BCUT2D eigenvalue weighted by Gasteiger charge is 2.22. The first-order valence-corrected chi connectivity index (χ1v) is 10.5. The number of hydrogen-bond donors (Lipinski definition) is 4. The Kier molecular flexibility index (Phi) is 6.53. The van der Waals surface area contributed by atoms with Gasteiger partial charge in [-0.1, -0.05) is 6.07 Å². The molecule has 5 N–H and O–H groups in total. The van der Waals surface area contributed by atoms with Crippen LogP contribution in [0.1, 0.15) is 29.9 Å². The van der Waals surface area contributed by atoms with Crippen LogP contribution in [0.2, 0.25) is 0 Å². The predicted molar refractivity (Wildman–Crippen MR) is 127 cm³/mol. The summed E-state index contributed by atoms with van der Waals surface area (Å²) in [4.78, 5) is 23.7. The normalized spacial score (nSPS) is 11.6. The van der Waals surface area contributed by atoms with Gasteiger partial charge in [0.1, 0.15) is 11.9 Å². The van der Waals surface area contributed by atoms with Crippen LogP contribution in [0, 0.1) is 5.41 Å². The fourth-order valence-electron chi connectivity index (χ4n) is 3.37. The first kappa shape index (κ1) is 22.5. The molecule has 4 rings (SSSR count). The summed E-state index contributed by atoms with van der Waals surface area (Å²) in [6, 6.07) is 13.7. The third-order valence-electron chi connectivity index (χ3n) is 4.98. The van der Waals surface area contributed by atoms with E-state index in [1.807, 2.05) is 19.1 Å². The van der Waals surface area contributed by atoms with Crippen LogP contribution in [0.5, 0.6) is 11.5 Å². The number of nitrogens with two attached hydrogens (primary N) is 1. The number of nitrogens with zero attached hydrogens (tertiary/aromatic N) is 4. The summed E-state index contributed by atoms with van der Waals surface area (Å²) in [6.07, 6.45) is 3.07.